The fourth-order valence-corrected chi connectivity index (χ4v) is 11.1. The standard InChI is InChI=1S/C34H50O6/c1-29(2)23-12-15-34(7)24(32(23,5)14-13-25(29)40-27(37)11-10-26(35)36)9-8-21-22-20-31(4,28(38)39)17-16-30(22,3)18-19-33(21,34)6/h8,10-11,22-25H,9,12-20H2,1-7H3,(H,35,36)(H,38,39)/b11-10-/t22-,23-,24+,25?,30+,31-,32-,33+,34+/m0/s1. The number of allylic oxidation sites excluding steroid dienone is 2. The highest BCUT2D eigenvalue weighted by molar-refractivity contribution is 5.90. The molecular formula is C34H50O6. The van der Waals surface area contributed by atoms with E-state index < -0.39 is 23.3 Å². The molecule has 6 nitrogen and oxygen atoms in total. The molecule has 0 amide bonds. The van der Waals surface area contributed by atoms with Crippen LogP contribution in [-0.2, 0) is 19.1 Å². The second-order valence-electron chi connectivity index (χ2n) is 16.0. The molecule has 5 aliphatic carbocycles. The van der Waals surface area contributed by atoms with Gasteiger partial charge in [-0.3, -0.25) is 4.79 Å². The summed E-state index contributed by atoms with van der Waals surface area (Å²) in [5.41, 5.74) is 1.16. The van der Waals surface area contributed by atoms with Crippen LogP contribution in [0.15, 0.2) is 23.8 Å². The van der Waals surface area contributed by atoms with Crippen LogP contribution in [0.1, 0.15) is 113 Å². The van der Waals surface area contributed by atoms with E-state index in [2.05, 4.69) is 47.6 Å². The molecule has 0 spiro atoms. The van der Waals surface area contributed by atoms with Crippen LogP contribution in [0.25, 0.3) is 0 Å². The van der Waals surface area contributed by atoms with E-state index in [1.165, 1.54) is 6.42 Å². The van der Waals surface area contributed by atoms with Gasteiger partial charge in [0.15, 0.2) is 0 Å². The van der Waals surface area contributed by atoms with Crippen molar-refractivity contribution >= 4 is 17.9 Å². The molecular weight excluding hydrogens is 504 g/mol. The molecule has 222 valence electrons. The maximum absolute atomic E-state index is 12.4. The van der Waals surface area contributed by atoms with Crippen molar-refractivity contribution in [3.8, 4) is 0 Å². The largest absolute Gasteiger partial charge is 0.481 e. The third kappa shape index (κ3) is 4.05. The highest BCUT2D eigenvalue weighted by atomic mass is 16.5. The quantitative estimate of drug-likeness (QED) is 0.213. The Kier molecular flexibility index (Phi) is 6.75. The molecule has 0 aliphatic heterocycles. The van der Waals surface area contributed by atoms with Gasteiger partial charge in [0, 0.05) is 17.6 Å². The molecule has 0 heterocycles. The summed E-state index contributed by atoms with van der Waals surface area (Å²) in [7, 11) is 0. The molecule has 0 radical (unpaired) electrons. The SMILES string of the molecule is CC1(C)C(OC(=O)/C=C\C(=O)O)CC[C@]2(C)[C@H]3CC=C4[C@@H]5C[C@@](C)(C(=O)O)CC[C@]5(C)CC[C@@]4(C)[C@]3(C)CC[C@@H]12. The van der Waals surface area contributed by atoms with Crippen molar-refractivity contribution in [2.75, 3.05) is 0 Å². The zero-order valence-corrected chi connectivity index (χ0v) is 25.6. The van der Waals surface area contributed by atoms with Crippen LogP contribution in [0.4, 0.5) is 0 Å². The number of esters is 1. The number of carbonyl (C=O) groups is 3. The predicted octanol–water partition coefficient (Wildman–Crippen LogP) is 7.43. The number of hydrogen-bond acceptors (Lipinski definition) is 4. The highest BCUT2D eigenvalue weighted by Crippen LogP contribution is 2.75. The minimum absolute atomic E-state index is 0.0555. The van der Waals surface area contributed by atoms with Gasteiger partial charge in [0.1, 0.15) is 6.10 Å². The third-order valence-electron chi connectivity index (χ3n) is 13.9. The number of ether oxygens (including phenoxy) is 1. The lowest BCUT2D eigenvalue weighted by atomic mass is 9.33. The van der Waals surface area contributed by atoms with E-state index in [0.717, 1.165) is 69.9 Å². The van der Waals surface area contributed by atoms with Gasteiger partial charge in [-0.15, -0.1) is 0 Å². The minimum atomic E-state index is -1.15. The van der Waals surface area contributed by atoms with Crippen molar-refractivity contribution in [1.29, 1.82) is 0 Å². The van der Waals surface area contributed by atoms with E-state index in [1.54, 1.807) is 5.57 Å². The van der Waals surface area contributed by atoms with Gasteiger partial charge in [-0.2, -0.15) is 0 Å². The van der Waals surface area contributed by atoms with Gasteiger partial charge in [-0.05, 0) is 111 Å². The van der Waals surface area contributed by atoms with E-state index in [1.807, 2.05) is 6.92 Å². The van der Waals surface area contributed by atoms with Crippen molar-refractivity contribution in [2.45, 2.75) is 119 Å². The second-order valence-corrected chi connectivity index (χ2v) is 16.0. The van der Waals surface area contributed by atoms with Crippen LogP contribution in [0, 0.1) is 50.2 Å². The number of carboxylic acid groups (broad SMARTS) is 2. The molecule has 0 aromatic heterocycles. The minimum Gasteiger partial charge on any atom is -0.481 e. The lowest BCUT2D eigenvalue weighted by molar-refractivity contribution is -0.211. The van der Waals surface area contributed by atoms with Crippen LogP contribution < -0.4 is 0 Å². The molecule has 0 bridgehead atoms. The van der Waals surface area contributed by atoms with Crippen LogP contribution in [0.5, 0.6) is 0 Å². The molecule has 0 aromatic rings. The molecule has 2 N–H and O–H groups in total. The molecule has 40 heavy (non-hydrogen) atoms. The summed E-state index contributed by atoms with van der Waals surface area (Å²) in [6.45, 7) is 16.4. The Bertz CT molecular complexity index is 1170. The number of fused-ring (bicyclic) bond motifs is 7. The first-order valence-corrected chi connectivity index (χ1v) is 15.5. The first-order chi connectivity index (χ1) is 18.4. The first-order valence-electron chi connectivity index (χ1n) is 15.5. The molecule has 6 heteroatoms. The van der Waals surface area contributed by atoms with Crippen LogP contribution in [0.2, 0.25) is 0 Å². The fraction of sp³-hybridized carbons (Fsp3) is 0.794. The molecule has 0 aromatic carbocycles. The summed E-state index contributed by atoms with van der Waals surface area (Å²) in [5, 5.41) is 19.0. The van der Waals surface area contributed by atoms with Gasteiger partial charge in [0.2, 0.25) is 0 Å². The Hall–Kier alpha value is -2.11. The van der Waals surface area contributed by atoms with Crippen LogP contribution >= 0.6 is 0 Å². The van der Waals surface area contributed by atoms with E-state index in [-0.39, 0.29) is 33.2 Å². The van der Waals surface area contributed by atoms with Crippen molar-refractivity contribution < 1.29 is 29.3 Å². The Labute approximate surface area is 240 Å². The van der Waals surface area contributed by atoms with Crippen molar-refractivity contribution in [1.82, 2.24) is 0 Å². The lowest BCUT2D eigenvalue weighted by Gasteiger charge is -2.71. The molecule has 9 atom stereocenters. The molecule has 5 aliphatic rings. The topological polar surface area (TPSA) is 101 Å². The highest BCUT2D eigenvalue weighted by Gasteiger charge is 2.68. The number of aliphatic carboxylic acids is 2. The number of carboxylic acids is 2. The first kappa shape index (κ1) is 29.4. The predicted molar refractivity (Wildman–Crippen MR) is 153 cm³/mol. The van der Waals surface area contributed by atoms with Gasteiger partial charge in [0.05, 0.1) is 5.41 Å². The fourth-order valence-electron chi connectivity index (χ4n) is 11.1. The van der Waals surface area contributed by atoms with Gasteiger partial charge < -0.3 is 14.9 Å². The maximum atomic E-state index is 12.4. The van der Waals surface area contributed by atoms with E-state index >= 15 is 0 Å². The average molecular weight is 555 g/mol. The Morgan fingerprint density at radius 2 is 1.52 bits per heavy atom. The zero-order valence-electron chi connectivity index (χ0n) is 25.6. The van der Waals surface area contributed by atoms with E-state index in [9.17, 15) is 19.5 Å². The Balaban J connectivity index is 1.46. The molecule has 4 saturated carbocycles. The second kappa shape index (κ2) is 9.19. The number of rotatable bonds is 4. The Morgan fingerprint density at radius 3 is 2.17 bits per heavy atom. The smallest absolute Gasteiger partial charge is 0.331 e. The van der Waals surface area contributed by atoms with Gasteiger partial charge in [-0.1, -0.05) is 53.2 Å². The molecule has 1 unspecified atom stereocenters. The molecule has 4 fully saturated rings. The summed E-state index contributed by atoms with van der Waals surface area (Å²) >= 11 is 0. The van der Waals surface area contributed by atoms with Crippen molar-refractivity contribution in [2.24, 2.45) is 50.2 Å². The van der Waals surface area contributed by atoms with Gasteiger partial charge >= 0.3 is 17.9 Å². The van der Waals surface area contributed by atoms with Crippen LogP contribution in [-0.4, -0.2) is 34.2 Å². The van der Waals surface area contributed by atoms with E-state index in [4.69, 9.17) is 9.84 Å². The summed E-state index contributed by atoms with van der Waals surface area (Å²) in [6.07, 6.45) is 14.0. The molecule has 0 saturated heterocycles. The monoisotopic (exact) mass is 554 g/mol. The summed E-state index contributed by atoms with van der Waals surface area (Å²) < 4.78 is 5.88. The normalized spacial score (nSPS) is 47.6. The summed E-state index contributed by atoms with van der Waals surface area (Å²) in [5.74, 6) is -1.14. The maximum Gasteiger partial charge on any atom is 0.331 e. The average Bonchev–Trinajstić information content (AvgIpc) is 2.86. The van der Waals surface area contributed by atoms with Crippen molar-refractivity contribution in [3.05, 3.63) is 23.8 Å². The van der Waals surface area contributed by atoms with Crippen molar-refractivity contribution in [3.63, 3.8) is 0 Å². The van der Waals surface area contributed by atoms with Gasteiger partial charge in [0.25, 0.3) is 0 Å². The third-order valence-corrected chi connectivity index (χ3v) is 13.9. The molecule has 5 rings (SSSR count). The summed E-state index contributed by atoms with van der Waals surface area (Å²) in [6, 6.07) is 0. The number of carbonyl (C=O) groups excluding carboxylic acids is 1. The zero-order chi connectivity index (χ0) is 29.5. The Morgan fingerprint density at radius 1 is 0.850 bits per heavy atom. The number of hydrogen-bond donors (Lipinski definition) is 2. The van der Waals surface area contributed by atoms with Gasteiger partial charge in [-0.25, -0.2) is 9.59 Å². The lowest BCUT2D eigenvalue weighted by Crippen LogP contribution is -2.64. The van der Waals surface area contributed by atoms with Crippen LogP contribution in [0.3, 0.4) is 0 Å². The summed E-state index contributed by atoms with van der Waals surface area (Å²) in [4.78, 5) is 35.6. The van der Waals surface area contributed by atoms with E-state index in [0.29, 0.717) is 17.8 Å².